The van der Waals surface area contributed by atoms with Crippen LogP contribution in [0.25, 0.3) is 10.9 Å². The highest BCUT2D eigenvalue weighted by molar-refractivity contribution is 5.98. The maximum absolute atomic E-state index is 11.3. The van der Waals surface area contributed by atoms with E-state index in [1.807, 2.05) is 24.3 Å². The number of nitrogens with two attached hydrogens (primary N) is 2. The number of amides is 1. The van der Waals surface area contributed by atoms with Gasteiger partial charge in [-0.25, -0.2) is 4.98 Å². The Kier molecular flexibility index (Phi) is 3.20. The Bertz CT molecular complexity index is 554. The zero-order valence-corrected chi connectivity index (χ0v) is 9.22. The number of para-hydroxylation sites is 1. The summed E-state index contributed by atoms with van der Waals surface area (Å²) >= 11 is 0. The van der Waals surface area contributed by atoms with Crippen molar-refractivity contribution in [3.8, 4) is 5.88 Å². The molecule has 0 aliphatic heterocycles. The van der Waals surface area contributed by atoms with Gasteiger partial charge in [-0.1, -0.05) is 18.2 Å². The van der Waals surface area contributed by atoms with Gasteiger partial charge in [0.1, 0.15) is 12.2 Å². The molecule has 4 N–H and O–H groups in total. The first-order valence-corrected chi connectivity index (χ1v) is 5.25. The van der Waals surface area contributed by atoms with Gasteiger partial charge in [-0.05, 0) is 12.1 Å². The fourth-order valence-electron chi connectivity index (χ4n) is 1.54. The zero-order chi connectivity index (χ0) is 12.3. The highest BCUT2D eigenvalue weighted by Crippen LogP contribution is 2.21. The molecule has 5 heteroatoms. The van der Waals surface area contributed by atoms with Gasteiger partial charge in [0.15, 0.2) is 0 Å². The summed E-state index contributed by atoms with van der Waals surface area (Å²) in [6.07, 6.45) is 0. The minimum Gasteiger partial charge on any atom is -0.476 e. The molecule has 0 aliphatic rings. The highest BCUT2D eigenvalue weighted by Gasteiger charge is 2.12. The molecule has 17 heavy (non-hydrogen) atoms. The molecule has 0 fully saturated rings. The third-order valence-electron chi connectivity index (χ3n) is 2.31. The van der Waals surface area contributed by atoms with Crippen LogP contribution < -0.4 is 16.2 Å². The molecule has 1 heterocycles. The van der Waals surface area contributed by atoms with Crippen molar-refractivity contribution in [3.05, 3.63) is 35.9 Å². The second kappa shape index (κ2) is 4.80. The molecule has 0 saturated heterocycles. The Morgan fingerprint density at radius 3 is 2.82 bits per heavy atom. The lowest BCUT2D eigenvalue weighted by atomic mass is 10.1. The van der Waals surface area contributed by atoms with Crippen molar-refractivity contribution >= 4 is 16.8 Å². The van der Waals surface area contributed by atoms with Gasteiger partial charge in [0.25, 0.3) is 5.91 Å². The summed E-state index contributed by atoms with van der Waals surface area (Å²) in [7, 11) is 0. The molecule has 0 spiro atoms. The Hall–Kier alpha value is -2.14. The molecule has 2 rings (SSSR count). The minimum absolute atomic E-state index is 0.238. The van der Waals surface area contributed by atoms with Crippen LogP contribution in [0.15, 0.2) is 30.3 Å². The third-order valence-corrected chi connectivity index (χ3v) is 2.31. The summed E-state index contributed by atoms with van der Waals surface area (Å²) in [5.74, 6) is -0.322. The fourth-order valence-corrected chi connectivity index (χ4v) is 1.54. The van der Waals surface area contributed by atoms with E-state index in [0.717, 1.165) is 10.9 Å². The average molecular weight is 231 g/mol. The number of primary amides is 1. The van der Waals surface area contributed by atoms with Gasteiger partial charge in [0, 0.05) is 11.9 Å². The number of rotatable bonds is 4. The first kappa shape index (κ1) is 11.3. The van der Waals surface area contributed by atoms with Crippen LogP contribution in [0.4, 0.5) is 0 Å². The molecule has 0 atom stereocenters. The van der Waals surface area contributed by atoms with Gasteiger partial charge < -0.3 is 16.2 Å². The van der Waals surface area contributed by atoms with Gasteiger partial charge in [-0.15, -0.1) is 0 Å². The van der Waals surface area contributed by atoms with E-state index in [2.05, 4.69) is 4.98 Å². The largest absolute Gasteiger partial charge is 0.476 e. The number of aromatic nitrogens is 1. The Morgan fingerprint density at radius 1 is 1.35 bits per heavy atom. The number of carbonyl (C=O) groups is 1. The van der Waals surface area contributed by atoms with Crippen molar-refractivity contribution in [1.29, 1.82) is 0 Å². The predicted molar refractivity (Wildman–Crippen MR) is 64.8 cm³/mol. The molecule has 1 aromatic heterocycles. The molecule has 88 valence electrons. The summed E-state index contributed by atoms with van der Waals surface area (Å²) in [6, 6.07) is 9.12. The number of hydrogen-bond donors (Lipinski definition) is 2. The lowest BCUT2D eigenvalue weighted by molar-refractivity contribution is 0.0996. The van der Waals surface area contributed by atoms with E-state index in [4.69, 9.17) is 16.2 Å². The van der Waals surface area contributed by atoms with Gasteiger partial charge in [-0.2, -0.15) is 0 Å². The molecule has 0 aliphatic carbocycles. The van der Waals surface area contributed by atoms with Crippen LogP contribution in [-0.2, 0) is 0 Å². The predicted octanol–water partition coefficient (Wildman–Crippen LogP) is 0.671. The SMILES string of the molecule is NCCOc1nc2ccccc2cc1C(N)=O. The van der Waals surface area contributed by atoms with E-state index in [1.54, 1.807) is 6.07 Å². The van der Waals surface area contributed by atoms with Crippen LogP contribution in [-0.4, -0.2) is 24.0 Å². The summed E-state index contributed by atoms with van der Waals surface area (Å²) in [5.41, 5.74) is 11.7. The molecule has 1 aromatic carbocycles. The second-order valence-corrected chi connectivity index (χ2v) is 3.54. The average Bonchev–Trinajstić information content (AvgIpc) is 2.35. The van der Waals surface area contributed by atoms with Gasteiger partial charge in [0.05, 0.1) is 5.52 Å². The van der Waals surface area contributed by atoms with Crippen LogP contribution in [0.5, 0.6) is 5.88 Å². The fraction of sp³-hybridized carbons (Fsp3) is 0.167. The van der Waals surface area contributed by atoms with E-state index in [9.17, 15) is 4.79 Å². The van der Waals surface area contributed by atoms with Crippen molar-refractivity contribution < 1.29 is 9.53 Å². The number of carbonyl (C=O) groups excluding carboxylic acids is 1. The first-order chi connectivity index (χ1) is 8.22. The Labute approximate surface area is 98.4 Å². The normalized spacial score (nSPS) is 10.4. The van der Waals surface area contributed by atoms with Gasteiger partial charge >= 0.3 is 0 Å². The second-order valence-electron chi connectivity index (χ2n) is 3.54. The maximum Gasteiger partial charge on any atom is 0.254 e. The number of fused-ring (bicyclic) bond motifs is 1. The number of ether oxygens (including phenoxy) is 1. The van der Waals surface area contributed by atoms with Crippen molar-refractivity contribution in [2.45, 2.75) is 0 Å². The molecule has 0 radical (unpaired) electrons. The molecule has 0 bridgehead atoms. The molecule has 2 aromatic rings. The first-order valence-electron chi connectivity index (χ1n) is 5.25. The lowest BCUT2D eigenvalue weighted by Gasteiger charge is -2.08. The van der Waals surface area contributed by atoms with Crippen molar-refractivity contribution in [2.75, 3.05) is 13.2 Å². The molecule has 5 nitrogen and oxygen atoms in total. The molecule has 0 saturated carbocycles. The topological polar surface area (TPSA) is 91.2 Å². The lowest BCUT2D eigenvalue weighted by Crippen LogP contribution is -2.17. The monoisotopic (exact) mass is 231 g/mol. The number of nitrogens with zero attached hydrogens (tertiary/aromatic N) is 1. The molecular weight excluding hydrogens is 218 g/mol. The van der Waals surface area contributed by atoms with Crippen LogP contribution in [0.3, 0.4) is 0 Å². The summed E-state index contributed by atoms with van der Waals surface area (Å²) in [5, 5.41) is 0.849. The van der Waals surface area contributed by atoms with E-state index in [-0.39, 0.29) is 11.4 Å². The maximum atomic E-state index is 11.3. The molecular formula is C12H13N3O2. The van der Waals surface area contributed by atoms with Crippen LogP contribution in [0.1, 0.15) is 10.4 Å². The van der Waals surface area contributed by atoms with Crippen molar-refractivity contribution in [2.24, 2.45) is 11.5 Å². The van der Waals surface area contributed by atoms with Crippen LogP contribution in [0, 0.1) is 0 Å². The van der Waals surface area contributed by atoms with Crippen LogP contribution >= 0.6 is 0 Å². The van der Waals surface area contributed by atoms with E-state index in [1.165, 1.54) is 0 Å². The van der Waals surface area contributed by atoms with Crippen molar-refractivity contribution in [1.82, 2.24) is 4.98 Å². The van der Waals surface area contributed by atoms with Gasteiger partial charge in [-0.3, -0.25) is 4.79 Å². The summed E-state index contributed by atoms with van der Waals surface area (Å²) in [4.78, 5) is 15.6. The number of pyridine rings is 1. The van der Waals surface area contributed by atoms with Crippen LogP contribution in [0.2, 0.25) is 0 Å². The third kappa shape index (κ3) is 2.34. The van der Waals surface area contributed by atoms with E-state index in [0.29, 0.717) is 13.2 Å². The highest BCUT2D eigenvalue weighted by atomic mass is 16.5. The van der Waals surface area contributed by atoms with Crippen molar-refractivity contribution in [3.63, 3.8) is 0 Å². The smallest absolute Gasteiger partial charge is 0.254 e. The van der Waals surface area contributed by atoms with E-state index >= 15 is 0 Å². The Balaban J connectivity index is 2.54. The standard InChI is InChI=1S/C12H13N3O2/c13-5-6-17-12-9(11(14)16)7-8-3-1-2-4-10(8)15-12/h1-4,7H,5-6,13H2,(H2,14,16). The molecule has 0 unspecified atom stereocenters. The zero-order valence-electron chi connectivity index (χ0n) is 9.22. The quantitative estimate of drug-likeness (QED) is 0.809. The summed E-state index contributed by atoms with van der Waals surface area (Å²) in [6.45, 7) is 0.651. The number of benzene rings is 1. The van der Waals surface area contributed by atoms with E-state index < -0.39 is 5.91 Å². The minimum atomic E-state index is -0.560. The van der Waals surface area contributed by atoms with Gasteiger partial charge in [0.2, 0.25) is 5.88 Å². The Morgan fingerprint density at radius 2 is 2.12 bits per heavy atom. The number of hydrogen-bond acceptors (Lipinski definition) is 4. The molecule has 1 amide bonds. The summed E-state index contributed by atoms with van der Waals surface area (Å²) < 4.78 is 5.32.